The Bertz CT molecular complexity index is 612. The van der Waals surface area contributed by atoms with Gasteiger partial charge in [0.05, 0.1) is 6.04 Å². The predicted molar refractivity (Wildman–Crippen MR) is 79.8 cm³/mol. The Balaban J connectivity index is 2.25. The van der Waals surface area contributed by atoms with Crippen LogP contribution < -0.4 is 5.73 Å². The van der Waals surface area contributed by atoms with Crippen molar-refractivity contribution in [3.63, 3.8) is 0 Å². The zero-order valence-electron chi connectivity index (χ0n) is 11.4. The molecule has 1 amide bonds. The quantitative estimate of drug-likeness (QED) is 0.907. The van der Waals surface area contributed by atoms with Gasteiger partial charge in [-0.1, -0.05) is 12.1 Å². The zero-order chi connectivity index (χ0) is 14.7. The second-order valence-corrected chi connectivity index (χ2v) is 5.32. The number of phenols is 1. The van der Waals surface area contributed by atoms with Crippen molar-refractivity contribution in [1.29, 1.82) is 0 Å². The lowest BCUT2D eigenvalue weighted by Crippen LogP contribution is -2.33. The molecular weight excluding hydrogens is 274 g/mol. The van der Waals surface area contributed by atoms with E-state index in [1.165, 1.54) is 11.3 Å². The smallest absolute Gasteiger partial charge is 0.273 e. The summed E-state index contributed by atoms with van der Waals surface area (Å²) in [4.78, 5) is 18.2. The number of amides is 1. The molecule has 2 rings (SSSR count). The molecule has 0 saturated carbocycles. The number of nitrogens with zero attached hydrogens (tertiary/aromatic N) is 2. The summed E-state index contributed by atoms with van der Waals surface area (Å²) in [7, 11) is 0. The number of hydrogen-bond donors (Lipinski definition) is 2. The average Bonchev–Trinajstić information content (AvgIpc) is 2.86. The Labute approximate surface area is 121 Å². The van der Waals surface area contributed by atoms with E-state index in [1.807, 2.05) is 19.9 Å². The van der Waals surface area contributed by atoms with Crippen molar-refractivity contribution < 1.29 is 9.90 Å². The molecule has 6 heteroatoms. The number of aromatic hydroxyl groups is 1. The van der Waals surface area contributed by atoms with Gasteiger partial charge in [-0.05, 0) is 31.5 Å². The summed E-state index contributed by atoms with van der Waals surface area (Å²) < 4.78 is 0. The molecule has 0 fully saturated rings. The van der Waals surface area contributed by atoms with Crippen LogP contribution in [0.3, 0.4) is 0 Å². The van der Waals surface area contributed by atoms with E-state index in [4.69, 9.17) is 5.73 Å². The highest BCUT2D eigenvalue weighted by atomic mass is 32.1. The van der Waals surface area contributed by atoms with Gasteiger partial charge >= 0.3 is 0 Å². The molecule has 1 atom stereocenters. The zero-order valence-corrected chi connectivity index (χ0v) is 12.2. The Kier molecular flexibility index (Phi) is 4.24. The van der Waals surface area contributed by atoms with E-state index in [9.17, 15) is 9.90 Å². The number of benzene rings is 1. The van der Waals surface area contributed by atoms with Crippen LogP contribution in [0, 0.1) is 0 Å². The van der Waals surface area contributed by atoms with Crippen LogP contribution in [0.1, 0.15) is 35.9 Å². The van der Waals surface area contributed by atoms with Crippen LogP contribution in [-0.2, 0) is 0 Å². The van der Waals surface area contributed by atoms with Crippen LogP contribution in [0.15, 0.2) is 29.6 Å². The molecule has 0 aliphatic rings. The SMILES string of the molecule is CCN(C(=O)c1csc(N)n1)C(C)c1cccc(O)c1. The van der Waals surface area contributed by atoms with Crippen LogP contribution in [0.5, 0.6) is 5.75 Å². The van der Waals surface area contributed by atoms with Gasteiger partial charge in [-0.3, -0.25) is 4.79 Å². The number of hydrogen-bond acceptors (Lipinski definition) is 5. The van der Waals surface area contributed by atoms with Gasteiger partial charge in [-0.2, -0.15) is 0 Å². The van der Waals surface area contributed by atoms with Crippen molar-refractivity contribution in [3.05, 3.63) is 40.9 Å². The molecule has 0 bridgehead atoms. The number of aromatic nitrogens is 1. The van der Waals surface area contributed by atoms with Crippen molar-refractivity contribution in [1.82, 2.24) is 9.88 Å². The molecule has 20 heavy (non-hydrogen) atoms. The summed E-state index contributed by atoms with van der Waals surface area (Å²) in [6, 6.07) is 6.77. The van der Waals surface area contributed by atoms with Gasteiger partial charge in [-0.25, -0.2) is 4.98 Å². The van der Waals surface area contributed by atoms with Crippen LogP contribution in [-0.4, -0.2) is 27.4 Å². The molecule has 5 nitrogen and oxygen atoms in total. The minimum Gasteiger partial charge on any atom is -0.508 e. The molecule has 2 aromatic rings. The highest BCUT2D eigenvalue weighted by Crippen LogP contribution is 2.25. The molecule has 0 aliphatic carbocycles. The van der Waals surface area contributed by atoms with Crippen LogP contribution in [0.2, 0.25) is 0 Å². The first-order valence-corrected chi connectivity index (χ1v) is 7.21. The lowest BCUT2D eigenvalue weighted by molar-refractivity contribution is 0.0697. The van der Waals surface area contributed by atoms with Crippen molar-refractivity contribution in [3.8, 4) is 5.75 Å². The highest BCUT2D eigenvalue weighted by molar-refractivity contribution is 7.13. The van der Waals surface area contributed by atoms with Crippen molar-refractivity contribution in [2.24, 2.45) is 0 Å². The van der Waals surface area contributed by atoms with E-state index in [2.05, 4.69) is 4.98 Å². The maximum Gasteiger partial charge on any atom is 0.273 e. The third-order valence-electron chi connectivity index (χ3n) is 3.16. The van der Waals surface area contributed by atoms with Gasteiger partial charge < -0.3 is 15.7 Å². The fourth-order valence-electron chi connectivity index (χ4n) is 2.09. The highest BCUT2D eigenvalue weighted by Gasteiger charge is 2.23. The minimum atomic E-state index is -0.156. The molecular formula is C14H17N3O2S. The van der Waals surface area contributed by atoms with E-state index < -0.39 is 0 Å². The van der Waals surface area contributed by atoms with Crippen LogP contribution >= 0.6 is 11.3 Å². The third-order valence-corrected chi connectivity index (χ3v) is 3.84. The van der Waals surface area contributed by atoms with E-state index >= 15 is 0 Å². The maximum absolute atomic E-state index is 12.4. The summed E-state index contributed by atoms with van der Waals surface area (Å²) in [6.07, 6.45) is 0. The first-order valence-electron chi connectivity index (χ1n) is 6.33. The molecule has 1 unspecified atom stereocenters. The van der Waals surface area contributed by atoms with Crippen molar-refractivity contribution in [2.45, 2.75) is 19.9 Å². The summed E-state index contributed by atoms with van der Waals surface area (Å²) in [5.41, 5.74) is 6.81. The van der Waals surface area contributed by atoms with Gasteiger partial charge in [0.25, 0.3) is 5.91 Å². The van der Waals surface area contributed by atoms with Crippen LogP contribution in [0.25, 0.3) is 0 Å². The van der Waals surface area contributed by atoms with Crippen molar-refractivity contribution in [2.75, 3.05) is 12.3 Å². The minimum absolute atomic E-state index is 0.150. The molecule has 0 saturated heterocycles. The number of anilines is 1. The Morgan fingerprint density at radius 2 is 2.30 bits per heavy atom. The topological polar surface area (TPSA) is 79.5 Å². The summed E-state index contributed by atoms with van der Waals surface area (Å²) in [6.45, 7) is 4.38. The normalized spacial score (nSPS) is 12.1. The number of rotatable bonds is 4. The van der Waals surface area contributed by atoms with Gasteiger partial charge in [0.1, 0.15) is 11.4 Å². The Morgan fingerprint density at radius 3 is 2.85 bits per heavy atom. The maximum atomic E-state index is 12.4. The monoisotopic (exact) mass is 291 g/mol. The van der Waals surface area contributed by atoms with Gasteiger partial charge in [0.2, 0.25) is 0 Å². The molecule has 3 N–H and O–H groups in total. The third kappa shape index (κ3) is 2.91. The molecule has 106 valence electrons. The van der Waals surface area contributed by atoms with E-state index in [1.54, 1.807) is 28.5 Å². The second kappa shape index (κ2) is 5.92. The van der Waals surface area contributed by atoms with Crippen LogP contribution in [0.4, 0.5) is 5.13 Å². The average molecular weight is 291 g/mol. The fraction of sp³-hybridized carbons (Fsp3) is 0.286. The first-order chi connectivity index (χ1) is 9.52. The standard InChI is InChI=1S/C14H17N3O2S/c1-3-17(13(19)12-8-20-14(15)16-12)9(2)10-5-4-6-11(18)7-10/h4-9,18H,3H2,1-2H3,(H2,15,16). The molecule has 1 aromatic carbocycles. The number of phenolic OH excluding ortho intramolecular Hbond substituents is 1. The van der Waals surface area contributed by atoms with E-state index in [0.717, 1.165) is 5.56 Å². The van der Waals surface area contributed by atoms with Gasteiger partial charge in [-0.15, -0.1) is 11.3 Å². The number of thiazole rings is 1. The van der Waals surface area contributed by atoms with E-state index in [0.29, 0.717) is 17.4 Å². The van der Waals surface area contributed by atoms with Gasteiger partial charge in [0.15, 0.2) is 5.13 Å². The summed E-state index contributed by atoms with van der Waals surface area (Å²) in [5.74, 6) is 0.0343. The molecule has 0 aliphatic heterocycles. The van der Waals surface area contributed by atoms with Gasteiger partial charge in [0, 0.05) is 11.9 Å². The number of nitrogens with two attached hydrogens (primary N) is 1. The Hall–Kier alpha value is -2.08. The number of carbonyl (C=O) groups excluding carboxylic acids is 1. The summed E-state index contributed by atoms with van der Waals surface area (Å²) >= 11 is 1.25. The number of nitrogen functional groups attached to an aromatic ring is 1. The van der Waals surface area contributed by atoms with Crippen molar-refractivity contribution >= 4 is 22.4 Å². The Morgan fingerprint density at radius 1 is 1.55 bits per heavy atom. The lowest BCUT2D eigenvalue weighted by atomic mass is 10.1. The molecule has 1 aromatic heterocycles. The molecule has 1 heterocycles. The summed E-state index contributed by atoms with van der Waals surface area (Å²) in [5, 5.41) is 11.6. The lowest BCUT2D eigenvalue weighted by Gasteiger charge is -2.27. The largest absolute Gasteiger partial charge is 0.508 e. The molecule has 0 radical (unpaired) electrons. The predicted octanol–water partition coefficient (Wildman–Crippen LogP) is 2.65. The van der Waals surface area contributed by atoms with E-state index in [-0.39, 0.29) is 17.7 Å². The second-order valence-electron chi connectivity index (χ2n) is 4.43. The fourth-order valence-corrected chi connectivity index (χ4v) is 2.63. The number of carbonyl (C=O) groups is 1. The first kappa shape index (κ1) is 14.3. The molecule has 0 spiro atoms.